The Bertz CT molecular complexity index is 1560. The van der Waals surface area contributed by atoms with Crippen LogP contribution in [0.3, 0.4) is 0 Å². The molecule has 1 aliphatic carbocycles. The van der Waals surface area contributed by atoms with Crippen molar-refractivity contribution in [2.24, 2.45) is 0 Å². The van der Waals surface area contributed by atoms with E-state index >= 15 is 0 Å². The highest BCUT2D eigenvalue weighted by Gasteiger charge is 2.47. The molecule has 222 valence electrons. The van der Waals surface area contributed by atoms with Crippen LogP contribution in [0.5, 0.6) is 5.75 Å². The summed E-state index contributed by atoms with van der Waals surface area (Å²) in [4.78, 5) is 16.8. The van der Waals surface area contributed by atoms with Crippen molar-refractivity contribution in [3.63, 3.8) is 0 Å². The summed E-state index contributed by atoms with van der Waals surface area (Å²) >= 11 is 0. The van der Waals surface area contributed by atoms with Crippen molar-refractivity contribution >= 4 is 21.9 Å². The van der Waals surface area contributed by atoms with Gasteiger partial charge >= 0.3 is 6.09 Å². The first-order valence-electron chi connectivity index (χ1n) is 14.4. The Kier molecular flexibility index (Phi) is 7.72. The molecule has 3 fully saturated rings. The third-order valence-corrected chi connectivity index (χ3v) is 9.13. The minimum absolute atomic E-state index is 0.249. The molecule has 2 saturated heterocycles. The van der Waals surface area contributed by atoms with Crippen molar-refractivity contribution in [3.05, 3.63) is 83.2 Å². The zero-order valence-electron chi connectivity index (χ0n) is 23.6. The molecule has 3 aliphatic rings. The van der Waals surface area contributed by atoms with Gasteiger partial charge in [-0.25, -0.2) is 9.18 Å². The fraction of sp³-hybridized carbons (Fsp3) is 0.406. The molecule has 0 unspecified atom stereocenters. The molecular weight excluding hydrogens is 559 g/mol. The van der Waals surface area contributed by atoms with Crippen LogP contribution < -0.4 is 9.64 Å². The number of piperidine rings is 1. The second kappa shape index (κ2) is 11.3. The normalized spacial score (nSPS) is 18.8. The van der Waals surface area contributed by atoms with E-state index in [0.717, 1.165) is 54.9 Å². The van der Waals surface area contributed by atoms with Gasteiger partial charge in [-0.3, -0.25) is 14.4 Å². The van der Waals surface area contributed by atoms with E-state index in [0.29, 0.717) is 43.2 Å². The molecule has 2 heterocycles. The van der Waals surface area contributed by atoms with Crippen molar-refractivity contribution in [3.8, 4) is 16.9 Å². The Morgan fingerprint density at radius 1 is 1.05 bits per heavy atom. The van der Waals surface area contributed by atoms with E-state index in [-0.39, 0.29) is 5.82 Å². The van der Waals surface area contributed by atoms with Crippen LogP contribution in [0, 0.1) is 5.82 Å². The largest absolute Gasteiger partial charge is 0.494 e. The molecule has 0 bridgehead atoms. The van der Waals surface area contributed by atoms with E-state index in [1.54, 1.807) is 29.2 Å². The van der Waals surface area contributed by atoms with Gasteiger partial charge in [-0.2, -0.15) is 8.42 Å². The van der Waals surface area contributed by atoms with Crippen molar-refractivity contribution < 1.29 is 31.6 Å². The Hall–Kier alpha value is -3.47. The molecule has 0 atom stereocenters. The first kappa shape index (κ1) is 28.6. The lowest BCUT2D eigenvalue weighted by Crippen LogP contribution is -2.46. The minimum Gasteiger partial charge on any atom is -0.494 e. The molecule has 0 aromatic heterocycles. The van der Waals surface area contributed by atoms with Crippen LogP contribution in [0.4, 0.5) is 14.9 Å². The molecular formula is C32H35FN2O6S. The minimum atomic E-state index is -4.13. The molecule has 2 aliphatic heterocycles. The van der Waals surface area contributed by atoms with Crippen molar-refractivity contribution in [2.45, 2.75) is 56.4 Å². The van der Waals surface area contributed by atoms with Gasteiger partial charge in [0.1, 0.15) is 22.9 Å². The topological polar surface area (TPSA) is 96.4 Å². The maximum Gasteiger partial charge on any atom is 0.415 e. The number of rotatable bonds is 9. The second-order valence-electron chi connectivity index (χ2n) is 11.6. The quantitative estimate of drug-likeness (QED) is 0.297. The summed E-state index contributed by atoms with van der Waals surface area (Å²) < 4.78 is 57.1. The summed E-state index contributed by atoms with van der Waals surface area (Å²) in [5, 5.41) is 0. The van der Waals surface area contributed by atoms with Crippen LogP contribution in [0.2, 0.25) is 0 Å². The summed E-state index contributed by atoms with van der Waals surface area (Å²) in [6.45, 7) is 5.20. The van der Waals surface area contributed by atoms with Crippen molar-refractivity contribution in [1.82, 2.24) is 4.90 Å². The molecule has 42 heavy (non-hydrogen) atoms. The average molecular weight is 595 g/mol. The molecule has 10 heteroatoms. The van der Waals surface area contributed by atoms with Gasteiger partial charge in [0.15, 0.2) is 0 Å². The van der Waals surface area contributed by atoms with Gasteiger partial charge in [0.05, 0.1) is 13.2 Å². The van der Waals surface area contributed by atoms with Gasteiger partial charge in [0.25, 0.3) is 10.1 Å². The lowest BCUT2D eigenvalue weighted by atomic mass is 9.90. The van der Waals surface area contributed by atoms with Gasteiger partial charge in [0.2, 0.25) is 0 Å². The van der Waals surface area contributed by atoms with Crippen LogP contribution in [-0.4, -0.2) is 55.8 Å². The van der Waals surface area contributed by atoms with E-state index in [2.05, 4.69) is 17.0 Å². The molecule has 6 rings (SSSR count). The third-order valence-electron chi connectivity index (χ3n) is 8.43. The number of amides is 1. The first-order valence-corrected chi connectivity index (χ1v) is 16.0. The summed E-state index contributed by atoms with van der Waals surface area (Å²) in [6.07, 6.45) is 3.29. The first-order chi connectivity index (χ1) is 20.1. The Labute approximate surface area is 245 Å². The maximum atomic E-state index is 13.6. The van der Waals surface area contributed by atoms with Gasteiger partial charge < -0.3 is 9.47 Å². The number of likely N-dealkylation sites (tertiary alicyclic amines) is 1. The lowest BCUT2D eigenvalue weighted by Gasteiger charge is -2.37. The van der Waals surface area contributed by atoms with Gasteiger partial charge in [0, 0.05) is 43.7 Å². The Balaban J connectivity index is 1.15. The monoisotopic (exact) mass is 594 g/mol. The van der Waals surface area contributed by atoms with Gasteiger partial charge in [-0.15, -0.1) is 0 Å². The fourth-order valence-electron chi connectivity index (χ4n) is 6.09. The Morgan fingerprint density at radius 3 is 2.36 bits per heavy atom. The molecule has 1 saturated carbocycles. The maximum absolute atomic E-state index is 13.6. The van der Waals surface area contributed by atoms with Gasteiger partial charge in [-0.05, 0) is 84.3 Å². The number of nitrogens with zero attached hydrogens (tertiary/aromatic N) is 2. The summed E-state index contributed by atoms with van der Waals surface area (Å²) in [7, 11) is -4.13. The number of hydrogen-bond acceptors (Lipinski definition) is 6. The molecule has 3 aromatic rings. The smallest absolute Gasteiger partial charge is 0.415 e. The standard InChI is InChI=1S/C32H35FN2O6S/c1-2-40-30-18-29(24-7-9-26(33)10-8-24)28(23-5-6-23)17-25(30)19-34-15-13-32(14-16-34)21-35(31(36)41-32)27-11-3-22(4-12-27)20-42(37,38)39/h3-4,7-12,17-18,23H,2,5-6,13-16,19-21H2,1H3,(H,37,38,39). The Morgan fingerprint density at radius 2 is 1.74 bits per heavy atom. The highest BCUT2D eigenvalue weighted by Crippen LogP contribution is 2.47. The van der Waals surface area contributed by atoms with Crippen LogP contribution in [0.25, 0.3) is 11.1 Å². The van der Waals surface area contributed by atoms with E-state index < -0.39 is 27.6 Å². The van der Waals surface area contributed by atoms with Crippen molar-refractivity contribution in [2.75, 3.05) is 31.1 Å². The third kappa shape index (κ3) is 6.30. The summed E-state index contributed by atoms with van der Waals surface area (Å²) in [6, 6.07) is 17.6. The summed E-state index contributed by atoms with van der Waals surface area (Å²) in [5.41, 5.74) is 5.02. The highest BCUT2D eigenvalue weighted by molar-refractivity contribution is 7.85. The predicted octanol–water partition coefficient (Wildman–Crippen LogP) is 6.15. The van der Waals surface area contributed by atoms with E-state index in [1.807, 2.05) is 19.1 Å². The van der Waals surface area contributed by atoms with E-state index in [9.17, 15) is 17.6 Å². The number of benzene rings is 3. The molecule has 1 amide bonds. The predicted molar refractivity (Wildman–Crippen MR) is 158 cm³/mol. The molecule has 3 aromatic carbocycles. The zero-order chi connectivity index (χ0) is 29.5. The van der Waals surface area contributed by atoms with Crippen LogP contribution in [0.1, 0.15) is 55.2 Å². The number of halogens is 1. The number of ether oxygens (including phenoxy) is 2. The number of carbonyl (C=O) groups excluding carboxylic acids is 1. The van der Waals surface area contributed by atoms with Crippen LogP contribution >= 0.6 is 0 Å². The molecule has 1 N–H and O–H groups in total. The van der Waals surface area contributed by atoms with Crippen molar-refractivity contribution in [1.29, 1.82) is 0 Å². The number of anilines is 1. The molecule has 0 radical (unpaired) electrons. The zero-order valence-corrected chi connectivity index (χ0v) is 24.4. The number of hydrogen-bond donors (Lipinski definition) is 1. The van der Waals surface area contributed by atoms with E-state index in [4.69, 9.17) is 14.0 Å². The second-order valence-corrected chi connectivity index (χ2v) is 13.0. The molecule has 8 nitrogen and oxygen atoms in total. The molecule has 1 spiro atoms. The number of carbonyl (C=O) groups is 1. The summed E-state index contributed by atoms with van der Waals surface area (Å²) in [5.74, 6) is 0.632. The van der Waals surface area contributed by atoms with E-state index in [1.165, 1.54) is 17.7 Å². The SMILES string of the molecule is CCOc1cc(-c2ccc(F)cc2)c(C2CC2)cc1CN1CCC2(CC1)CN(c1ccc(CS(=O)(=O)O)cc1)C(=O)O2. The average Bonchev–Trinajstić information content (AvgIpc) is 3.75. The highest BCUT2D eigenvalue weighted by atomic mass is 32.2. The fourth-order valence-corrected chi connectivity index (χ4v) is 6.71. The van der Waals surface area contributed by atoms with Crippen LogP contribution in [-0.2, 0) is 27.2 Å². The van der Waals surface area contributed by atoms with Gasteiger partial charge in [-0.1, -0.05) is 24.3 Å². The van der Waals surface area contributed by atoms with Crippen LogP contribution in [0.15, 0.2) is 60.7 Å². The lowest BCUT2D eigenvalue weighted by molar-refractivity contribution is -0.00111.